The van der Waals surface area contributed by atoms with Crippen molar-refractivity contribution in [1.82, 2.24) is 9.97 Å². The van der Waals surface area contributed by atoms with E-state index < -0.39 is 0 Å². The Kier molecular flexibility index (Phi) is 4.78. The Bertz CT molecular complexity index is 607. The second-order valence-corrected chi connectivity index (χ2v) is 5.58. The second kappa shape index (κ2) is 6.57. The summed E-state index contributed by atoms with van der Waals surface area (Å²) in [5, 5.41) is 3.35. The zero-order chi connectivity index (χ0) is 15.4. The lowest BCUT2D eigenvalue weighted by atomic mass is 10.2. The average molecular weight is 284 g/mol. The first-order valence-electron chi connectivity index (χ1n) is 7.46. The van der Waals surface area contributed by atoms with Gasteiger partial charge in [0.2, 0.25) is 5.95 Å². The third-order valence-electron chi connectivity index (χ3n) is 3.15. The maximum Gasteiger partial charge on any atom is 0.232 e. The van der Waals surface area contributed by atoms with Gasteiger partial charge in [0, 0.05) is 30.0 Å². The van der Waals surface area contributed by atoms with Gasteiger partial charge in [-0.25, -0.2) is 4.98 Å². The van der Waals surface area contributed by atoms with E-state index >= 15 is 0 Å². The summed E-state index contributed by atoms with van der Waals surface area (Å²) in [4.78, 5) is 11.4. The quantitative estimate of drug-likeness (QED) is 0.898. The number of aryl methyl sites for hydroxylation is 2. The Morgan fingerprint density at radius 1 is 1.14 bits per heavy atom. The molecule has 0 saturated carbocycles. The molecule has 0 aliphatic carbocycles. The fraction of sp³-hybridized carbons (Fsp3) is 0.412. The van der Waals surface area contributed by atoms with Gasteiger partial charge < -0.3 is 10.2 Å². The molecular weight excluding hydrogens is 260 g/mol. The monoisotopic (exact) mass is 284 g/mol. The zero-order valence-electron chi connectivity index (χ0n) is 13.5. The van der Waals surface area contributed by atoms with Gasteiger partial charge in [-0.15, -0.1) is 0 Å². The summed E-state index contributed by atoms with van der Waals surface area (Å²) in [7, 11) is 0. The van der Waals surface area contributed by atoms with Crippen LogP contribution in [-0.4, -0.2) is 22.6 Å². The minimum atomic E-state index is 0.348. The first-order chi connectivity index (χ1) is 9.99. The van der Waals surface area contributed by atoms with E-state index in [1.807, 2.05) is 13.0 Å². The summed E-state index contributed by atoms with van der Waals surface area (Å²) >= 11 is 0. The van der Waals surface area contributed by atoms with Crippen LogP contribution >= 0.6 is 0 Å². The van der Waals surface area contributed by atoms with Gasteiger partial charge in [0.15, 0.2) is 0 Å². The van der Waals surface area contributed by atoms with Crippen molar-refractivity contribution < 1.29 is 0 Å². The van der Waals surface area contributed by atoms with Gasteiger partial charge in [0.1, 0.15) is 5.82 Å². The number of hydrogen-bond donors (Lipinski definition) is 1. The molecule has 0 spiro atoms. The number of nitrogens with zero attached hydrogens (tertiary/aromatic N) is 3. The van der Waals surface area contributed by atoms with Gasteiger partial charge in [-0.3, -0.25) is 0 Å². The van der Waals surface area contributed by atoms with E-state index in [1.165, 1.54) is 5.56 Å². The van der Waals surface area contributed by atoms with Gasteiger partial charge in [-0.1, -0.05) is 12.1 Å². The largest absolute Gasteiger partial charge is 0.368 e. The van der Waals surface area contributed by atoms with Gasteiger partial charge in [0.25, 0.3) is 0 Å². The van der Waals surface area contributed by atoms with Crippen LogP contribution in [0.2, 0.25) is 0 Å². The van der Waals surface area contributed by atoms with Gasteiger partial charge in [-0.05, 0) is 52.3 Å². The van der Waals surface area contributed by atoms with E-state index in [0.717, 1.165) is 29.7 Å². The number of nitrogens with one attached hydrogen (secondary N) is 1. The average Bonchev–Trinajstić information content (AvgIpc) is 2.38. The van der Waals surface area contributed by atoms with E-state index in [2.05, 4.69) is 72.1 Å². The highest BCUT2D eigenvalue weighted by molar-refractivity contribution is 5.59. The molecule has 21 heavy (non-hydrogen) atoms. The Morgan fingerprint density at radius 2 is 1.90 bits per heavy atom. The minimum Gasteiger partial charge on any atom is -0.368 e. The van der Waals surface area contributed by atoms with E-state index in [4.69, 9.17) is 0 Å². The molecule has 4 nitrogen and oxygen atoms in total. The minimum absolute atomic E-state index is 0.348. The van der Waals surface area contributed by atoms with Crippen molar-refractivity contribution >= 4 is 17.5 Å². The van der Waals surface area contributed by atoms with Crippen LogP contribution in [0.3, 0.4) is 0 Å². The topological polar surface area (TPSA) is 41.1 Å². The third-order valence-corrected chi connectivity index (χ3v) is 3.15. The van der Waals surface area contributed by atoms with Crippen LogP contribution in [0.25, 0.3) is 0 Å². The smallest absolute Gasteiger partial charge is 0.232 e. The lowest BCUT2D eigenvalue weighted by Gasteiger charge is -2.22. The highest BCUT2D eigenvalue weighted by atomic mass is 15.3. The van der Waals surface area contributed by atoms with Crippen LogP contribution in [0.4, 0.5) is 17.5 Å². The summed E-state index contributed by atoms with van der Waals surface area (Å²) in [5.74, 6) is 1.62. The molecule has 4 heteroatoms. The molecule has 2 rings (SSSR count). The van der Waals surface area contributed by atoms with Crippen molar-refractivity contribution in [3.8, 4) is 0 Å². The summed E-state index contributed by atoms with van der Waals surface area (Å²) in [6, 6.07) is 10.7. The van der Waals surface area contributed by atoms with E-state index in [0.29, 0.717) is 6.04 Å². The molecule has 0 fully saturated rings. The number of rotatable bonds is 5. The van der Waals surface area contributed by atoms with E-state index in [9.17, 15) is 0 Å². The van der Waals surface area contributed by atoms with Gasteiger partial charge >= 0.3 is 0 Å². The maximum absolute atomic E-state index is 4.65. The van der Waals surface area contributed by atoms with Crippen molar-refractivity contribution in [2.75, 3.05) is 16.8 Å². The Balaban J connectivity index is 2.40. The molecule has 0 radical (unpaired) electrons. The SMILES string of the molecule is CCN(c1cccc(C)c1)c1nc(C)cc(NC(C)C)n1. The van der Waals surface area contributed by atoms with E-state index in [-0.39, 0.29) is 0 Å². The molecule has 1 heterocycles. The molecule has 0 saturated heterocycles. The van der Waals surface area contributed by atoms with Crippen LogP contribution in [0.5, 0.6) is 0 Å². The van der Waals surface area contributed by atoms with Crippen molar-refractivity contribution in [2.45, 2.75) is 40.7 Å². The predicted octanol–water partition coefficient (Wildman–Crippen LogP) is 4.07. The number of aromatic nitrogens is 2. The molecule has 0 atom stereocenters. The van der Waals surface area contributed by atoms with Crippen LogP contribution in [-0.2, 0) is 0 Å². The van der Waals surface area contributed by atoms with Crippen LogP contribution in [0.15, 0.2) is 30.3 Å². The van der Waals surface area contributed by atoms with Crippen LogP contribution in [0.1, 0.15) is 32.0 Å². The fourth-order valence-corrected chi connectivity index (χ4v) is 2.28. The molecule has 0 aliphatic heterocycles. The van der Waals surface area contributed by atoms with Crippen LogP contribution in [0, 0.1) is 13.8 Å². The number of anilines is 3. The summed E-state index contributed by atoms with van der Waals surface area (Å²) in [6.07, 6.45) is 0. The molecule has 1 N–H and O–H groups in total. The standard InChI is InChI=1S/C17H24N4/c1-6-21(15-9-7-8-13(4)10-15)17-19-14(5)11-16(20-17)18-12(2)3/h7-12H,6H2,1-5H3,(H,18,19,20). The molecule has 1 aromatic carbocycles. The lowest BCUT2D eigenvalue weighted by Crippen LogP contribution is -2.20. The fourth-order valence-electron chi connectivity index (χ4n) is 2.28. The third kappa shape index (κ3) is 3.94. The molecule has 112 valence electrons. The summed E-state index contributed by atoms with van der Waals surface area (Å²) in [5.41, 5.74) is 3.33. The number of hydrogen-bond acceptors (Lipinski definition) is 4. The lowest BCUT2D eigenvalue weighted by molar-refractivity contribution is 0.873. The normalized spacial score (nSPS) is 10.8. The molecule has 0 bridgehead atoms. The molecule has 1 aromatic heterocycles. The summed E-state index contributed by atoms with van der Waals surface area (Å²) in [6.45, 7) is 11.3. The van der Waals surface area contributed by atoms with Gasteiger partial charge in [-0.2, -0.15) is 4.98 Å². The number of benzene rings is 1. The first-order valence-corrected chi connectivity index (χ1v) is 7.46. The highest BCUT2D eigenvalue weighted by Crippen LogP contribution is 2.24. The van der Waals surface area contributed by atoms with Crippen molar-refractivity contribution in [1.29, 1.82) is 0 Å². The van der Waals surface area contributed by atoms with Gasteiger partial charge in [0.05, 0.1) is 0 Å². The predicted molar refractivity (Wildman–Crippen MR) is 89.4 cm³/mol. The Morgan fingerprint density at radius 3 is 2.52 bits per heavy atom. The van der Waals surface area contributed by atoms with Crippen LogP contribution < -0.4 is 10.2 Å². The van der Waals surface area contributed by atoms with Crippen molar-refractivity contribution in [3.63, 3.8) is 0 Å². The van der Waals surface area contributed by atoms with Crippen molar-refractivity contribution in [3.05, 3.63) is 41.6 Å². The summed E-state index contributed by atoms with van der Waals surface area (Å²) < 4.78 is 0. The zero-order valence-corrected chi connectivity index (χ0v) is 13.5. The molecule has 0 amide bonds. The molecular formula is C17H24N4. The molecule has 0 unspecified atom stereocenters. The Labute approximate surface area is 127 Å². The molecule has 0 aliphatic rings. The van der Waals surface area contributed by atoms with E-state index in [1.54, 1.807) is 0 Å². The highest BCUT2D eigenvalue weighted by Gasteiger charge is 2.12. The Hall–Kier alpha value is -2.10. The van der Waals surface area contributed by atoms with Crippen molar-refractivity contribution in [2.24, 2.45) is 0 Å². The molecule has 2 aromatic rings. The second-order valence-electron chi connectivity index (χ2n) is 5.58. The first kappa shape index (κ1) is 15.3. The maximum atomic E-state index is 4.65.